The average molecular weight is 489 g/mol. The number of allylic oxidation sites excluding steroid dienone is 1. The number of carboxylic acid groups (broad SMARTS) is 1. The van der Waals surface area contributed by atoms with E-state index in [1.54, 1.807) is 19.3 Å². The number of ether oxygens (including phenoxy) is 2. The lowest BCUT2D eigenvalue weighted by Crippen LogP contribution is -2.25. The molecule has 1 aromatic rings. The van der Waals surface area contributed by atoms with Gasteiger partial charge < -0.3 is 19.7 Å². The minimum Gasteiger partial charge on any atom is -0.488 e. The number of hydrogen-bond acceptors (Lipinski definition) is 4. The van der Waals surface area contributed by atoms with Crippen molar-refractivity contribution in [2.24, 2.45) is 11.8 Å². The summed E-state index contributed by atoms with van der Waals surface area (Å²) < 4.78 is 49.5. The Morgan fingerprint density at radius 2 is 2.09 bits per heavy atom. The Hall–Kier alpha value is -2.03. The van der Waals surface area contributed by atoms with Crippen LogP contribution >= 0.6 is 11.6 Å². The summed E-state index contributed by atoms with van der Waals surface area (Å²) in [7, 11) is 1.61. The molecular formula is C24H28ClF3O5. The van der Waals surface area contributed by atoms with Crippen LogP contribution in [0.2, 0.25) is 5.02 Å². The molecule has 0 aromatic heterocycles. The Morgan fingerprint density at radius 1 is 1.36 bits per heavy atom. The third-order valence-corrected chi connectivity index (χ3v) is 6.97. The molecule has 0 radical (unpaired) electrons. The van der Waals surface area contributed by atoms with Gasteiger partial charge in [-0.3, -0.25) is 0 Å². The molecule has 2 aliphatic rings. The van der Waals surface area contributed by atoms with Crippen LogP contribution in [0.3, 0.4) is 0 Å². The van der Waals surface area contributed by atoms with Gasteiger partial charge in [-0.1, -0.05) is 29.8 Å². The van der Waals surface area contributed by atoms with Crippen molar-refractivity contribution in [3.8, 4) is 5.75 Å². The topological polar surface area (TPSA) is 76.0 Å². The van der Waals surface area contributed by atoms with E-state index in [-0.39, 0.29) is 47.5 Å². The molecule has 0 bridgehead atoms. The van der Waals surface area contributed by atoms with Crippen molar-refractivity contribution in [3.05, 3.63) is 52.3 Å². The highest BCUT2D eigenvalue weighted by molar-refractivity contribution is 6.35. The van der Waals surface area contributed by atoms with Gasteiger partial charge in [0.15, 0.2) is 5.83 Å². The number of methoxy groups -OCH3 is 1. The lowest BCUT2D eigenvalue weighted by atomic mass is 9.87. The molecule has 1 saturated carbocycles. The summed E-state index contributed by atoms with van der Waals surface area (Å²) in [5, 5.41) is 19.9. The fourth-order valence-corrected chi connectivity index (χ4v) is 5.04. The van der Waals surface area contributed by atoms with Crippen LogP contribution in [-0.2, 0) is 11.2 Å². The van der Waals surface area contributed by atoms with Crippen LogP contribution in [-0.4, -0.2) is 41.1 Å². The molecule has 0 unspecified atom stereocenters. The van der Waals surface area contributed by atoms with E-state index in [2.05, 4.69) is 0 Å². The Labute approximate surface area is 195 Å². The van der Waals surface area contributed by atoms with Crippen molar-refractivity contribution >= 4 is 17.6 Å². The fraction of sp³-hybridized carbons (Fsp3) is 0.542. The number of benzene rings is 1. The maximum Gasteiger partial charge on any atom is 0.337 e. The van der Waals surface area contributed by atoms with Gasteiger partial charge in [0, 0.05) is 31.8 Å². The van der Waals surface area contributed by atoms with Crippen molar-refractivity contribution in [1.29, 1.82) is 0 Å². The largest absolute Gasteiger partial charge is 0.488 e. The third-order valence-electron chi connectivity index (χ3n) is 6.60. The Morgan fingerprint density at radius 3 is 2.73 bits per heavy atom. The van der Waals surface area contributed by atoms with Crippen LogP contribution in [0.1, 0.15) is 54.9 Å². The normalized spacial score (nSPS) is 26.2. The zero-order valence-corrected chi connectivity index (χ0v) is 19.2. The van der Waals surface area contributed by atoms with Crippen LogP contribution in [0.15, 0.2) is 36.2 Å². The molecule has 1 heterocycles. The monoisotopic (exact) mass is 488 g/mol. The molecule has 1 aliphatic heterocycles. The Balaban J connectivity index is 1.72. The summed E-state index contributed by atoms with van der Waals surface area (Å²) in [5.74, 6) is -2.17. The summed E-state index contributed by atoms with van der Waals surface area (Å²) in [6.07, 6.45) is 2.54. The summed E-state index contributed by atoms with van der Waals surface area (Å²) in [6, 6.07) is 3.22. The number of aliphatic hydroxyl groups is 1. The molecule has 3 rings (SSSR count). The van der Waals surface area contributed by atoms with E-state index in [1.807, 2.05) is 6.08 Å². The van der Waals surface area contributed by atoms with Gasteiger partial charge >= 0.3 is 12.0 Å². The third kappa shape index (κ3) is 5.91. The summed E-state index contributed by atoms with van der Waals surface area (Å²) in [5.41, 5.74) is -0.483. The van der Waals surface area contributed by atoms with Gasteiger partial charge in [-0.05, 0) is 44.2 Å². The predicted molar refractivity (Wildman–Crippen MR) is 118 cm³/mol. The van der Waals surface area contributed by atoms with Gasteiger partial charge in [-0.15, -0.1) is 0 Å². The molecule has 5 atom stereocenters. The first-order chi connectivity index (χ1) is 15.5. The van der Waals surface area contributed by atoms with E-state index < -0.39 is 29.9 Å². The van der Waals surface area contributed by atoms with E-state index in [1.165, 1.54) is 13.0 Å². The number of carboxylic acids is 1. The van der Waals surface area contributed by atoms with Gasteiger partial charge in [0.05, 0.1) is 22.3 Å². The van der Waals surface area contributed by atoms with E-state index in [0.717, 1.165) is 12.0 Å². The second-order valence-corrected chi connectivity index (χ2v) is 9.34. The minimum absolute atomic E-state index is 0.00671. The van der Waals surface area contributed by atoms with Crippen molar-refractivity contribution < 1.29 is 37.7 Å². The maximum absolute atomic E-state index is 13.1. The van der Waals surface area contributed by atoms with Gasteiger partial charge in [0.1, 0.15) is 11.9 Å². The molecule has 0 spiro atoms. The molecule has 1 aliphatic carbocycles. The summed E-state index contributed by atoms with van der Waals surface area (Å²) in [4.78, 5) is 11.4. The molecular weight excluding hydrogens is 461 g/mol. The van der Waals surface area contributed by atoms with Crippen LogP contribution < -0.4 is 4.74 Å². The average Bonchev–Trinajstić information content (AvgIpc) is 2.96. The van der Waals surface area contributed by atoms with Crippen LogP contribution in [0.4, 0.5) is 13.2 Å². The highest BCUT2D eigenvalue weighted by Crippen LogP contribution is 2.46. The number of halogens is 4. The predicted octanol–water partition coefficient (Wildman–Crippen LogP) is 5.94. The Bertz CT molecular complexity index is 942. The number of carbonyl (C=O) groups is 1. The molecule has 9 heteroatoms. The minimum atomic E-state index is -2.36. The number of aryl methyl sites for hydroxylation is 1. The highest BCUT2D eigenvalue weighted by Gasteiger charge is 2.45. The lowest BCUT2D eigenvalue weighted by molar-refractivity contribution is 0.0514. The smallest absolute Gasteiger partial charge is 0.337 e. The molecule has 182 valence electrons. The SMILES string of the molecule is CO[C@@H]1C[C@@H]2Oc3c(ccc(C(=O)O)c3Cl)CC[C@@H]2[C@H]1/C=C/C[C@@](C)(O)CCC(F)=C(F)F. The Kier molecular flexibility index (Phi) is 8.13. The second kappa shape index (κ2) is 10.5. The highest BCUT2D eigenvalue weighted by atomic mass is 35.5. The summed E-state index contributed by atoms with van der Waals surface area (Å²) in [6.45, 7) is 1.49. The standard InChI is InChI=1S/C24H28ClF3O5/c1-24(31,11-9-17(26)22(27)28)10-3-4-14-15-7-5-13-6-8-16(23(29)30)20(25)21(13)33-19(15)12-18(14)32-2/h3-4,6,8,14-15,18-19,31H,5,7,9-12H2,1-2H3,(H,29,30)/b4-3+/t14-,15-,18-,19+,24-/m1/s1. The van der Waals surface area contributed by atoms with Gasteiger partial charge in [-0.25, -0.2) is 9.18 Å². The van der Waals surface area contributed by atoms with E-state index >= 15 is 0 Å². The van der Waals surface area contributed by atoms with Crippen molar-refractivity contribution in [2.45, 2.75) is 63.3 Å². The number of hydrogen-bond donors (Lipinski definition) is 2. The van der Waals surface area contributed by atoms with Crippen LogP contribution in [0, 0.1) is 11.8 Å². The molecule has 0 saturated heterocycles. The maximum atomic E-state index is 13.1. The van der Waals surface area contributed by atoms with Crippen LogP contribution in [0.25, 0.3) is 0 Å². The first-order valence-corrected chi connectivity index (χ1v) is 11.2. The van der Waals surface area contributed by atoms with Crippen molar-refractivity contribution in [2.75, 3.05) is 7.11 Å². The molecule has 0 amide bonds. The molecule has 5 nitrogen and oxygen atoms in total. The van der Waals surface area contributed by atoms with E-state index in [4.69, 9.17) is 21.1 Å². The number of aromatic carboxylic acids is 1. The zero-order chi connectivity index (χ0) is 24.3. The van der Waals surface area contributed by atoms with Crippen molar-refractivity contribution in [3.63, 3.8) is 0 Å². The zero-order valence-electron chi connectivity index (χ0n) is 18.5. The number of rotatable bonds is 8. The molecule has 2 N–H and O–H groups in total. The fourth-order valence-electron chi connectivity index (χ4n) is 4.73. The quantitative estimate of drug-likeness (QED) is 0.443. The van der Waals surface area contributed by atoms with Crippen molar-refractivity contribution in [1.82, 2.24) is 0 Å². The van der Waals surface area contributed by atoms with Gasteiger partial charge in [-0.2, -0.15) is 8.78 Å². The van der Waals surface area contributed by atoms with Crippen LogP contribution in [0.5, 0.6) is 5.75 Å². The first-order valence-electron chi connectivity index (χ1n) is 10.9. The lowest BCUT2D eigenvalue weighted by Gasteiger charge is -2.24. The van der Waals surface area contributed by atoms with E-state index in [9.17, 15) is 28.2 Å². The van der Waals surface area contributed by atoms with Gasteiger partial charge in [0.2, 0.25) is 0 Å². The number of fused-ring (bicyclic) bond motifs is 2. The first kappa shape index (κ1) is 25.6. The molecule has 1 aromatic carbocycles. The van der Waals surface area contributed by atoms with Gasteiger partial charge in [0.25, 0.3) is 0 Å². The van der Waals surface area contributed by atoms with E-state index in [0.29, 0.717) is 18.6 Å². The summed E-state index contributed by atoms with van der Waals surface area (Å²) >= 11 is 6.34. The second-order valence-electron chi connectivity index (χ2n) is 8.96. The molecule has 33 heavy (non-hydrogen) atoms. The molecule has 1 fully saturated rings.